The molecule has 0 saturated carbocycles. The summed E-state index contributed by atoms with van der Waals surface area (Å²) in [6.07, 6.45) is -4.01. The number of hydrogen-bond donors (Lipinski definition) is 0. The molecule has 4 saturated heterocycles. The zero-order valence-electron chi connectivity index (χ0n) is 33.1. The molecule has 0 aromatic heterocycles. The fourth-order valence-electron chi connectivity index (χ4n) is 10.8. The summed E-state index contributed by atoms with van der Waals surface area (Å²) in [7, 11) is 124. The van der Waals surface area contributed by atoms with E-state index in [0.717, 1.165) is 25.3 Å². The van der Waals surface area contributed by atoms with Crippen molar-refractivity contribution < 1.29 is 4.79 Å². The van der Waals surface area contributed by atoms with Gasteiger partial charge in [-0.05, 0) is 25.7 Å². The van der Waals surface area contributed by atoms with Gasteiger partial charge in [0, 0.05) is 269 Å². The lowest BCUT2D eigenvalue weighted by Gasteiger charge is -2.29. The number of Topliss-reactive ketones (excluding diaryl/α,β-unsaturated/α-hetero) is 1. The minimum absolute atomic E-state index is 0.0698. The van der Waals surface area contributed by atoms with Crippen LogP contribution >= 0.6 is 0 Å². The molecule has 4 unspecified atom stereocenters. The third-order valence-electron chi connectivity index (χ3n) is 14.4. The van der Waals surface area contributed by atoms with E-state index in [1.54, 1.807) is 0 Å². The molecule has 0 spiro atoms. The second kappa shape index (κ2) is 21.8. The highest BCUT2D eigenvalue weighted by Crippen LogP contribution is 2.54. The molecule has 208 valence electrons. The van der Waals surface area contributed by atoms with Crippen LogP contribution in [0.5, 0.6) is 0 Å². The molecule has 4 aliphatic rings. The van der Waals surface area contributed by atoms with E-state index in [2.05, 4.69) is 0 Å². The van der Waals surface area contributed by atoms with Crippen LogP contribution in [0.3, 0.4) is 0 Å². The highest BCUT2D eigenvalue weighted by Gasteiger charge is 2.57. The Morgan fingerprint density at radius 2 is 0.536 bits per heavy atom. The lowest BCUT2D eigenvalue weighted by molar-refractivity contribution is -0.127. The van der Waals surface area contributed by atoms with Crippen LogP contribution in [0.25, 0.3) is 0 Å². The van der Waals surface area contributed by atoms with Crippen LogP contribution in [0, 0.1) is 11.8 Å². The first-order valence-electron chi connectivity index (χ1n) is 20.6. The van der Waals surface area contributed by atoms with Crippen LogP contribution in [0.1, 0.15) is 25.7 Å². The molecule has 4 aliphatic heterocycles. The molecule has 4 rings (SSSR count). The average molecular weight is 651 g/mol. The van der Waals surface area contributed by atoms with Crippen LogP contribution in [-0.4, -0.2) is 289 Å². The van der Waals surface area contributed by atoms with Crippen molar-refractivity contribution in [2.75, 3.05) is 0 Å². The molecule has 4 fully saturated rings. The Morgan fingerprint density at radius 1 is 0.357 bits per heavy atom. The van der Waals surface area contributed by atoms with Crippen LogP contribution in [0.2, 0.25) is 48.5 Å². The summed E-state index contributed by atoms with van der Waals surface area (Å²) in [5.41, 5.74) is 0. The average Bonchev–Trinajstić information content (AvgIpc) is 3.89. The Balaban J connectivity index is 1.63. The molecule has 56 heavy (non-hydrogen) atoms. The summed E-state index contributed by atoms with van der Waals surface area (Å²) >= 11 is 0. The Labute approximate surface area is 377 Å². The van der Waals surface area contributed by atoms with Crippen molar-refractivity contribution in [2.24, 2.45) is 11.8 Å². The van der Waals surface area contributed by atoms with E-state index in [1.807, 2.05) is 0 Å². The summed E-state index contributed by atoms with van der Waals surface area (Å²) in [5.74, 6) is 0.145. The van der Waals surface area contributed by atoms with Gasteiger partial charge in [0.2, 0.25) is 0 Å². The van der Waals surface area contributed by atoms with E-state index in [9.17, 15) is 0 Å². The second-order valence-corrected chi connectivity index (χ2v) is 18.6. The smallest absolute Gasteiger partial charge is 0.138 e. The molecule has 0 aliphatic carbocycles. The monoisotopic (exact) mass is 659 g/mol. The van der Waals surface area contributed by atoms with Gasteiger partial charge >= 0.3 is 0 Å². The lowest BCUT2D eigenvalue weighted by Crippen LogP contribution is -2.63. The molecule has 4 heterocycles. The molecule has 0 bridgehead atoms. The van der Waals surface area contributed by atoms with E-state index >= 15 is 4.79 Å². The van der Waals surface area contributed by atoms with Gasteiger partial charge in [0.25, 0.3) is 0 Å². The van der Waals surface area contributed by atoms with Gasteiger partial charge in [0.05, 0.1) is 26.4 Å². The van der Waals surface area contributed by atoms with E-state index in [-0.39, 0.29) is 92.8 Å². The van der Waals surface area contributed by atoms with Crippen molar-refractivity contribution in [1.82, 2.24) is 0 Å². The molecule has 4 atom stereocenters. The quantitative estimate of drug-likeness (QED) is 0.0852. The van der Waals surface area contributed by atoms with Crippen molar-refractivity contribution in [1.29, 1.82) is 0 Å². The molecule has 0 aromatic carbocycles. The van der Waals surface area contributed by atoms with Crippen molar-refractivity contribution >= 4 is 289 Å². The Kier molecular flexibility index (Phi) is 19.8. The van der Waals surface area contributed by atoms with E-state index in [4.69, 9.17) is 155 Å². The van der Waals surface area contributed by atoms with Crippen molar-refractivity contribution in [3.05, 3.63) is 0 Å². The predicted octanol–water partition coefficient (Wildman–Crippen LogP) is -10.7. The third kappa shape index (κ3) is 13.2. The molecule has 40 radical (unpaired) electrons. The summed E-state index contributed by atoms with van der Waals surface area (Å²) in [4.78, 5) is 15.3. The van der Waals surface area contributed by atoms with E-state index in [1.165, 1.54) is 0 Å². The first-order chi connectivity index (χ1) is 26.0. The molecule has 0 aromatic rings. The fourth-order valence-corrected chi connectivity index (χ4v) is 10.8. The van der Waals surface area contributed by atoms with Crippen molar-refractivity contribution in [3.8, 4) is 0 Å². The minimum atomic E-state index is -0.793. The third-order valence-corrected chi connectivity index (χ3v) is 14.4. The van der Waals surface area contributed by atoms with Gasteiger partial charge in [-0.2, -0.15) is 0 Å². The zero-order valence-corrected chi connectivity index (χ0v) is 33.1. The maximum Gasteiger partial charge on any atom is 0.138 e. The van der Waals surface area contributed by atoms with Gasteiger partial charge in [0.1, 0.15) is 5.78 Å². The summed E-state index contributed by atoms with van der Waals surface area (Å²) < 4.78 is 0. The molecule has 0 amide bonds. The Morgan fingerprint density at radius 3 is 0.679 bits per heavy atom. The van der Waals surface area contributed by atoms with Gasteiger partial charge in [0.15, 0.2) is 0 Å². The Bertz CT molecular complexity index is 1060. The van der Waals surface area contributed by atoms with E-state index < -0.39 is 76.6 Å². The summed E-state index contributed by atoms with van der Waals surface area (Å²) in [6, 6.07) is 0. The standard InChI is InChI=1S/C15H22B40O/c16-40(17)48(32)52(44(24)25)36-5-11(36)1-9(2-12-6-37(12)53(45(26)27)49(33)41(18)19)15(56)10(3-13-7-38(13)54(46(28)29)50(34)42(20)21)4-14-8-39(14)55(47(30)31)51(35)43(22)23/h9-14H,1-8H2. The number of ketones is 1. The van der Waals surface area contributed by atoms with Crippen molar-refractivity contribution in [3.63, 3.8) is 0 Å². The highest BCUT2D eigenvalue weighted by molar-refractivity contribution is 8.03. The SMILES string of the molecule is [B]B([B])B([B])B(B([B])[B])B1CC1CC(CC1CB1B(B([B])[B])B([B])B([B])[B])C(=O)C(CC1CB1B(B([B])[B])B([B])B([B])[B])CC1CB1B(B([B])[B])B([B])B([B])[B]. The minimum Gasteiger partial charge on any atom is -0.299 e. The zero-order chi connectivity index (χ0) is 42.2. The van der Waals surface area contributed by atoms with Gasteiger partial charge < -0.3 is 0 Å². The Hall–Kier alpha value is 2.27. The molecular formula is C15H22B40O. The second-order valence-electron chi connectivity index (χ2n) is 18.6. The largest absolute Gasteiger partial charge is 0.299 e. The summed E-state index contributed by atoms with van der Waals surface area (Å²) in [6.45, 7) is 0.279. The van der Waals surface area contributed by atoms with E-state index in [0.29, 0.717) is 25.7 Å². The van der Waals surface area contributed by atoms with Gasteiger partial charge in [-0.25, -0.2) is 0 Å². The van der Waals surface area contributed by atoms with Gasteiger partial charge in [-0.1, -0.05) is 48.5 Å². The first-order valence-corrected chi connectivity index (χ1v) is 20.6. The number of hydrogen-bond acceptors (Lipinski definition) is 1. The highest BCUT2D eigenvalue weighted by atomic mass is 16.1. The van der Waals surface area contributed by atoms with Gasteiger partial charge in [-0.15, -0.1) is 0 Å². The maximum atomic E-state index is 15.3. The predicted molar refractivity (Wildman–Crippen MR) is 295 cm³/mol. The molecule has 41 heteroatoms. The van der Waals surface area contributed by atoms with Crippen LogP contribution in [0.4, 0.5) is 0 Å². The number of carbonyl (C=O) groups excluding carboxylic acids is 1. The summed E-state index contributed by atoms with van der Waals surface area (Å²) in [5, 5.41) is 0. The lowest BCUT2D eigenvalue weighted by atomic mass is 8.57. The normalized spacial score (nSPS) is 21.0. The number of rotatable bonds is 26. The topological polar surface area (TPSA) is 17.1 Å². The van der Waals surface area contributed by atoms with Crippen molar-refractivity contribution in [2.45, 2.75) is 74.2 Å². The molecule has 0 N–H and O–H groups in total. The maximum absolute atomic E-state index is 15.3. The molecular weight excluding hydrogens is 629 g/mol. The number of carbonyl (C=O) groups is 1. The van der Waals surface area contributed by atoms with Gasteiger partial charge in [-0.3, -0.25) is 4.79 Å². The van der Waals surface area contributed by atoms with Crippen LogP contribution < -0.4 is 0 Å². The first kappa shape index (κ1) is 50.9. The van der Waals surface area contributed by atoms with Crippen LogP contribution in [-0.2, 0) is 4.79 Å². The van der Waals surface area contributed by atoms with Crippen LogP contribution in [0.15, 0.2) is 0 Å². The fraction of sp³-hybridized carbons (Fsp3) is 0.933. The molecule has 1 nitrogen and oxygen atoms in total.